The lowest BCUT2D eigenvalue weighted by Crippen LogP contribution is -2.37. The van der Waals surface area contributed by atoms with Crippen molar-refractivity contribution >= 4 is 16.0 Å². The molecule has 1 aliphatic rings. The smallest absolute Gasteiger partial charge is 0.240 e. The first-order valence-corrected chi connectivity index (χ1v) is 11.1. The summed E-state index contributed by atoms with van der Waals surface area (Å²) in [6, 6.07) is 6.84. The number of hydrogen-bond donors (Lipinski definition) is 3. The Morgan fingerprint density at radius 1 is 1.21 bits per heavy atom. The summed E-state index contributed by atoms with van der Waals surface area (Å²) >= 11 is 0. The van der Waals surface area contributed by atoms with Gasteiger partial charge in [0, 0.05) is 47.0 Å². The molecule has 0 unspecified atom stereocenters. The molecule has 9 heteroatoms. The van der Waals surface area contributed by atoms with E-state index in [4.69, 9.17) is 9.47 Å². The highest BCUT2D eigenvalue weighted by molar-refractivity contribution is 7.89. The number of guanidine groups is 1. The number of methoxy groups -OCH3 is 1. The second-order valence-corrected chi connectivity index (χ2v) is 8.53. The first kappa shape index (κ1) is 22.6. The van der Waals surface area contributed by atoms with E-state index in [9.17, 15) is 8.42 Å². The van der Waals surface area contributed by atoms with Crippen LogP contribution in [-0.4, -0.2) is 61.4 Å². The van der Waals surface area contributed by atoms with E-state index in [2.05, 4.69) is 20.3 Å². The van der Waals surface area contributed by atoms with Crippen LogP contribution >= 0.6 is 0 Å². The minimum atomic E-state index is -3.54. The van der Waals surface area contributed by atoms with Crippen LogP contribution in [0.5, 0.6) is 0 Å². The third-order valence-corrected chi connectivity index (χ3v) is 5.76. The molecular weight excluding hydrogens is 380 g/mol. The van der Waals surface area contributed by atoms with E-state index in [0.29, 0.717) is 19.1 Å². The molecule has 0 aliphatic heterocycles. The van der Waals surface area contributed by atoms with Crippen molar-refractivity contribution in [2.45, 2.75) is 30.7 Å². The summed E-state index contributed by atoms with van der Waals surface area (Å²) in [7, 11) is -0.303. The summed E-state index contributed by atoms with van der Waals surface area (Å²) < 4.78 is 37.6. The normalized spacial score (nSPS) is 14.9. The van der Waals surface area contributed by atoms with Crippen LogP contribution in [0, 0.1) is 5.92 Å². The molecule has 8 nitrogen and oxygen atoms in total. The molecule has 28 heavy (non-hydrogen) atoms. The van der Waals surface area contributed by atoms with Crippen LogP contribution in [0.25, 0.3) is 0 Å². The Bertz CT molecular complexity index is 720. The fraction of sp³-hybridized carbons (Fsp3) is 0.632. The summed E-state index contributed by atoms with van der Waals surface area (Å²) in [6.45, 7) is 3.43. The molecule has 0 saturated heterocycles. The average molecular weight is 413 g/mol. The monoisotopic (exact) mass is 412 g/mol. The van der Waals surface area contributed by atoms with Crippen molar-refractivity contribution in [3.8, 4) is 0 Å². The Labute approximate surface area is 168 Å². The molecule has 0 heterocycles. The van der Waals surface area contributed by atoms with Gasteiger partial charge in [0.1, 0.15) is 0 Å². The fourth-order valence-electron chi connectivity index (χ4n) is 2.51. The van der Waals surface area contributed by atoms with E-state index in [0.717, 1.165) is 37.7 Å². The summed E-state index contributed by atoms with van der Waals surface area (Å²) in [5.41, 5.74) is 0.852. The third kappa shape index (κ3) is 8.55. The zero-order valence-corrected chi connectivity index (χ0v) is 17.6. The molecule has 0 bridgehead atoms. The van der Waals surface area contributed by atoms with Crippen LogP contribution in [0.4, 0.5) is 0 Å². The molecule has 3 N–H and O–H groups in total. The Balaban J connectivity index is 1.73. The molecule has 0 radical (unpaired) electrons. The lowest BCUT2D eigenvalue weighted by atomic mass is 10.2. The molecule has 2 rings (SSSR count). The third-order valence-electron chi connectivity index (χ3n) is 4.30. The van der Waals surface area contributed by atoms with E-state index in [1.165, 1.54) is 20.0 Å². The first-order valence-electron chi connectivity index (χ1n) is 9.65. The van der Waals surface area contributed by atoms with Crippen molar-refractivity contribution in [3.05, 3.63) is 29.8 Å². The molecule has 1 fully saturated rings. The number of sulfonamides is 1. The van der Waals surface area contributed by atoms with Gasteiger partial charge in [-0.15, -0.1) is 0 Å². The molecule has 1 aliphatic carbocycles. The fourth-order valence-corrected chi connectivity index (χ4v) is 3.59. The molecular formula is C19H32N4O4S. The number of ether oxygens (including phenoxy) is 2. The highest BCUT2D eigenvalue weighted by Crippen LogP contribution is 2.28. The van der Waals surface area contributed by atoms with Crippen molar-refractivity contribution in [1.82, 2.24) is 15.4 Å². The van der Waals surface area contributed by atoms with Gasteiger partial charge in [0.2, 0.25) is 10.0 Å². The highest BCUT2D eigenvalue weighted by atomic mass is 32.2. The van der Waals surface area contributed by atoms with Crippen LogP contribution in [0.15, 0.2) is 34.2 Å². The van der Waals surface area contributed by atoms with Gasteiger partial charge in [-0.1, -0.05) is 12.1 Å². The number of nitrogens with one attached hydrogen (secondary N) is 3. The van der Waals surface area contributed by atoms with Gasteiger partial charge < -0.3 is 20.1 Å². The molecule has 0 amide bonds. The first-order chi connectivity index (χ1) is 13.5. The van der Waals surface area contributed by atoms with Gasteiger partial charge in [0.15, 0.2) is 5.96 Å². The van der Waals surface area contributed by atoms with E-state index in [1.807, 2.05) is 6.07 Å². The Morgan fingerprint density at radius 2 is 2.04 bits per heavy atom. The Kier molecular flexibility index (Phi) is 9.69. The van der Waals surface area contributed by atoms with E-state index in [-0.39, 0.29) is 11.4 Å². The topological polar surface area (TPSA) is 101 Å². The summed E-state index contributed by atoms with van der Waals surface area (Å²) in [5, 5.41) is 6.44. The maximum atomic E-state index is 12.3. The molecule has 0 spiro atoms. The molecule has 1 aromatic rings. The standard InChI is InChI=1S/C19H32N4O4S/c1-20-19(21-9-4-11-27-15-16-7-8-16)22-14-17-5-3-6-18(13-17)28(24,25)23-10-12-26-2/h3,5-6,13,16,23H,4,7-12,14-15H2,1-2H3,(H2,20,21,22). The molecule has 0 aromatic heterocycles. The van der Waals surface area contributed by atoms with Gasteiger partial charge in [0.25, 0.3) is 0 Å². The van der Waals surface area contributed by atoms with Crippen LogP contribution in [0.2, 0.25) is 0 Å². The number of hydrogen-bond acceptors (Lipinski definition) is 5. The second kappa shape index (κ2) is 12.0. The number of benzene rings is 1. The summed E-state index contributed by atoms with van der Waals surface area (Å²) in [6.07, 6.45) is 3.52. The lowest BCUT2D eigenvalue weighted by Gasteiger charge is -2.13. The largest absolute Gasteiger partial charge is 0.383 e. The van der Waals surface area contributed by atoms with Gasteiger partial charge >= 0.3 is 0 Å². The number of aliphatic imine (C=N–C) groups is 1. The Hall–Kier alpha value is -1.68. The van der Waals surface area contributed by atoms with Gasteiger partial charge in [0.05, 0.1) is 11.5 Å². The maximum Gasteiger partial charge on any atom is 0.240 e. The van der Waals surface area contributed by atoms with Crippen LogP contribution < -0.4 is 15.4 Å². The van der Waals surface area contributed by atoms with Gasteiger partial charge in [-0.25, -0.2) is 13.1 Å². The van der Waals surface area contributed by atoms with Gasteiger partial charge in [-0.05, 0) is 42.9 Å². The van der Waals surface area contributed by atoms with Crippen molar-refractivity contribution in [2.24, 2.45) is 10.9 Å². The zero-order valence-electron chi connectivity index (χ0n) is 16.7. The number of rotatable bonds is 13. The van der Waals surface area contributed by atoms with E-state index >= 15 is 0 Å². The minimum absolute atomic E-state index is 0.235. The predicted octanol–water partition coefficient (Wildman–Crippen LogP) is 1.09. The Morgan fingerprint density at radius 3 is 2.75 bits per heavy atom. The minimum Gasteiger partial charge on any atom is -0.383 e. The highest BCUT2D eigenvalue weighted by Gasteiger charge is 2.20. The molecule has 1 aromatic carbocycles. The molecule has 0 atom stereocenters. The van der Waals surface area contributed by atoms with Crippen molar-refractivity contribution in [2.75, 3.05) is 47.1 Å². The summed E-state index contributed by atoms with van der Waals surface area (Å²) in [5.74, 6) is 1.46. The maximum absolute atomic E-state index is 12.3. The number of nitrogens with zero attached hydrogens (tertiary/aromatic N) is 1. The second-order valence-electron chi connectivity index (χ2n) is 6.76. The van der Waals surface area contributed by atoms with Crippen LogP contribution in [0.1, 0.15) is 24.8 Å². The van der Waals surface area contributed by atoms with Crippen molar-refractivity contribution in [3.63, 3.8) is 0 Å². The zero-order chi connectivity index (χ0) is 20.2. The predicted molar refractivity (Wildman–Crippen MR) is 110 cm³/mol. The SMILES string of the molecule is CN=C(NCCCOCC1CC1)NCc1cccc(S(=O)(=O)NCCOC)c1. The lowest BCUT2D eigenvalue weighted by molar-refractivity contribution is 0.123. The van der Waals surface area contributed by atoms with E-state index in [1.54, 1.807) is 25.2 Å². The van der Waals surface area contributed by atoms with E-state index < -0.39 is 10.0 Å². The molecule has 1 saturated carbocycles. The van der Waals surface area contributed by atoms with Crippen LogP contribution in [0.3, 0.4) is 0 Å². The van der Waals surface area contributed by atoms with Gasteiger partial charge in [-0.2, -0.15) is 0 Å². The average Bonchev–Trinajstić information content (AvgIpc) is 3.51. The van der Waals surface area contributed by atoms with Gasteiger partial charge in [-0.3, -0.25) is 4.99 Å². The van der Waals surface area contributed by atoms with Crippen molar-refractivity contribution < 1.29 is 17.9 Å². The van der Waals surface area contributed by atoms with Crippen LogP contribution in [-0.2, 0) is 26.0 Å². The summed E-state index contributed by atoms with van der Waals surface area (Å²) in [4.78, 5) is 4.42. The quantitative estimate of drug-likeness (QED) is 0.255. The van der Waals surface area contributed by atoms with Crippen molar-refractivity contribution in [1.29, 1.82) is 0 Å². The molecule has 158 valence electrons.